The quantitative estimate of drug-likeness (QED) is 0.733. The molecule has 1 N–H and O–H groups in total. The summed E-state index contributed by atoms with van der Waals surface area (Å²) in [6.07, 6.45) is 1.66. The van der Waals surface area contributed by atoms with Gasteiger partial charge in [0.25, 0.3) is 0 Å². The number of sulfonamides is 1. The van der Waals surface area contributed by atoms with E-state index in [0.717, 1.165) is 43.2 Å². The Morgan fingerprint density at radius 3 is 2.30 bits per heavy atom. The van der Waals surface area contributed by atoms with Crippen molar-refractivity contribution in [2.75, 3.05) is 13.1 Å². The molecule has 0 unspecified atom stereocenters. The minimum absolute atomic E-state index is 0.0130. The molecule has 0 amide bonds. The topological polar surface area (TPSA) is 49.4 Å². The molecule has 1 aliphatic heterocycles. The Balaban J connectivity index is 1.42. The van der Waals surface area contributed by atoms with Crippen molar-refractivity contribution < 1.29 is 8.42 Å². The molecule has 0 bridgehead atoms. The molecule has 5 heteroatoms. The van der Waals surface area contributed by atoms with Gasteiger partial charge in [-0.1, -0.05) is 66.7 Å². The van der Waals surface area contributed by atoms with E-state index >= 15 is 0 Å². The Morgan fingerprint density at radius 2 is 1.52 bits per heavy atom. The maximum atomic E-state index is 13.0. The first-order chi connectivity index (χ1) is 13.1. The van der Waals surface area contributed by atoms with Gasteiger partial charge in [0.15, 0.2) is 0 Å². The number of hydrogen-bond acceptors (Lipinski definition) is 3. The average molecular weight is 381 g/mol. The van der Waals surface area contributed by atoms with Crippen molar-refractivity contribution in [1.29, 1.82) is 0 Å². The van der Waals surface area contributed by atoms with Gasteiger partial charge in [-0.3, -0.25) is 4.90 Å². The van der Waals surface area contributed by atoms with Gasteiger partial charge in [0.2, 0.25) is 10.0 Å². The van der Waals surface area contributed by atoms with Gasteiger partial charge in [0.05, 0.1) is 4.90 Å². The summed E-state index contributed by atoms with van der Waals surface area (Å²) in [5.41, 5.74) is 1.30. The van der Waals surface area contributed by atoms with Crippen molar-refractivity contribution in [2.24, 2.45) is 0 Å². The Bertz CT molecular complexity index is 1010. The Kier molecular flexibility index (Phi) is 5.25. The summed E-state index contributed by atoms with van der Waals surface area (Å²) in [5.74, 6) is 0. The zero-order valence-corrected chi connectivity index (χ0v) is 16.0. The van der Waals surface area contributed by atoms with E-state index in [-0.39, 0.29) is 6.04 Å². The van der Waals surface area contributed by atoms with Crippen LogP contribution in [0.15, 0.2) is 77.7 Å². The van der Waals surface area contributed by atoms with Crippen LogP contribution in [0.4, 0.5) is 0 Å². The molecule has 0 atom stereocenters. The third kappa shape index (κ3) is 4.21. The molecule has 0 radical (unpaired) electrons. The maximum Gasteiger partial charge on any atom is 0.241 e. The van der Waals surface area contributed by atoms with Crippen LogP contribution in [0, 0.1) is 0 Å². The zero-order chi connectivity index (χ0) is 18.7. The lowest BCUT2D eigenvalue weighted by molar-refractivity contribution is 0.200. The summed E-state index contributed by atoms with van der Waals surface area (Å²) >= 11 is 0. The highest BCUT2D eigenvalue weighted by Crippen LogP contribution is 2.24. The third-order valence-corrected chi connectivity index (χ3v) is 6.78. The SMILES string of the molecule is O=S(=O)(NC1CCN(Cc2ccccc2)CC1)c1cccc2ccccc12. The fraction of sp³-hybridized carbons (Fsp3) is 0.273. The molecule has 1 fully saturated rings. The minimum atomic E-state index is -3.53. The van der Waals surface area contributed by atoms with Crippen molar-refractivity contribution in [3.8, 4) is 0 Å². The standard InChI is InChI=1S/C22H24N2O2S/c25-27(26,22-12-6-10-19-9-4-5-11-21(19)22)23-20-13-15-24(16-14-20)17-18-7-2-1-3-8-18/h1-12,20,23H,13-17H2. The summed E-state index contributed by atoms with van der Waals surface area (Å²) in [6, 6.07) is 23.4. The van der Waals surface area contributed by atoms with Crippen LogP contribution in [0.1, 0.15) is 18.4 Å². The number of nitrogens with zero attached hydrogens (tertiary/aromatic N) is 1. The van der Waals surface area contributed by atoms with Crippen molar-refractivity contribution >= 4 is 20.8 Å². The first-order valence-corrected chi connectivity index (χ1v) is 10.9. The van der Waals surface area contributed by atoms with Crippen LogP contribution in [0.2, 0.25) is 0 Å². The van der Waals surface area contributed by atoms with Crippen LogP contribution in [0.3, 0.4) is 0 Å². The number of piperidine rings is 1. The van der Waals surface area contributed by atoms with Crippen LogP contribution in [0.5, 0.6) is 0 Å². The Morgan fingerprint density at radius 1 is 0.852 bits per heavy atom. The van der Waals surface area contributed by atoms with Crippen molar-refractivity contribution in [3.63, 3.8) is 0 Å². The number of rotatable bonds is 5. The van der Waals surface area contributed by atoms with E-state index in [4.69, 9.17) is 0 Å². The molecule has 4 rings (SSSR count). The molecule has 1 aliphatic rings. The smallest absolute Gasteiger partial charge is 0.241 e. The Hall–Kier alpha value is -2.21. The largest absolute Gasteiger partial charge is 0.299 e. The fourth-order valence-electron chi connectivity index (χ4n) is 3.76. The second kappa shape index (κ2) is 7.80. The highest BCUT2D eigenvalue weighted by molar-refractivity contribution is 7.89. The molecule has 0 spiro atoms. The highest BCUT2D eigenvalue weighted by Gasteiger charge is 2.25. The van der Waals surface area contributed by atoms with Gasteiger partial charge in [-0.15, -0.1) is 0 Å². The molecular weight excluding hydrogens is 356 g/mol. The summed E-state index contributed by atoms with van der Waals surface area (Å²) in [6.45, 7) is 2.72. The lowest BCUT2D eigenvalue weighted by Gasteiger charge is -2.32. The molecule has 0 aliphatic carbocycles. The molecule has 4 nitrogen and oxygen atoms in total. The highest BCUT2D eigenvalue weighted by atomic mass is 32.2. The van der Waals surface area contributed by atoms with Gasteiger partial charge >= 0.3 is 0 Å². The molecule has 27 heavy (non-hydrogen) atoms. The van der Waals surface area contributed by atoms with E-state index in [9.17, 15) is 8.42 Å². The second-order valence-electron chi connectivity index (χ2n) is 7.13. The molecule has 0 aromatic heterocycles. The summed E-state index contributed by atoms with van der Waals surface area (Å²) < 4.78 is 28.9. The van der Waals surface area contributed by atoms with Gasteiger partial charge < -0.3 is 0 Å². The maximum absolute atomic E-state index is 13.0. The van der Waals surface area contributed by atoms with Gasteiger partial charge in [0.1, 0.15) is 0 Å². The third-order valence-electron chi connectivity index (χ3n) is 5.20. The molecular formula is C22H24N2O2S. The first kappa shape index (κ1) is 18.2. The van der Waals surface area contributed by atoms with Gasteiger partial charge in [0, 0.05) is 31.1 Å². The van der Waals surface area contributed by atoms with E-state index in [2.05, 4.69) is 33.9 Å². The number of nitrogens with one attached hydrogen (secondary N) is 1. The molecule has 0 saturated carbocycles. The lowest BCUT2D eigenvalue weighted by Crippen LogP contribution is -2.44. The van der Waals surface area contributed by atoms with E-state index in [1.165, 1.54) is 5.56 Å². The monoisotopic (exact) mass is 380 g/mol. The number of benzene rings is 3. The summed E-state index contributed by atoms with van der Waals surface area (Å²) in [5, 5.41) is 1.71. The van der Waals surface area contributed by atoms with Gasteiger partial charge in [-0.05, 0) is 29.9 Å². The number of hydrogen-bond donors (Lipinski definition) is 1. The van der Waals surface area contributed by atoms with Crippen molar-refractivity contribution in [2.45, 2.75) is 30.3 Å². The van der Waals surface area contributed by atoms with Crippen molar-refractivity contribution in [1.82, 2.24) is 9.62 Å². The second-order valence-corrected chi connectivity index (χ2v) is 8.82. The van der Waals surface area contributed by atoms with E-state index in [1.807, 2.05) is 36.4 Å². The van der Waals surface area contributed by atoms with E-state index in [0.29, 0.717) is 4.90 Å². The van der Waals surface area contributed by atoms with Crippen LogP contribution in [-0.2, 0) is 16.6 Å². The van der Waals surface area contributed by atoms with Gasteiger partial charge in [-0.25, -0.2) is 13.1 Å². The van der Waals surface area contributed by atoms with Crippen LogP contribution >= 0.6 is 0 Å². The molecule has 3 aromatic carbocycles. The summed E-state index contributed by atoms with van der Waals surface area (Å²) in [7, 11) is -3.53. The zero-order valence-electron chi connectivity index (χ0n) is 15.2. The average Bonchev–Trinajstić information content (AvgIpc) is 2.70. The van der Waals surface area contributed by atoms with Crippen LogP contribution in [-0.4, -0.2) is 32.4 Å². The van der Waals surface area contributed by atoms with Gasteiger partial charge in [-0.2, -0.15) is 0 Å². The number of likely N-dealkylation sites (tertiary alicyclic amines) is 1. The van der Waals surface area contributed by atoms with Crippen molar-refractivity contribution in [3.05, 3.63) is 78.4 Å². The Labute approximate surface area is 160 Å². The summed E-state index contributed by atoms with van der Waals surface area (Å²) in [4.78, 5) is 2.75. The van der Waals surface area contributed by atoms with E-state index < -0.39 is 10.0 Å². The van der Waals surface area contributed by atoms with Crippen LogP contribution < -0.4 is 4.72 Å². The predicted molar refractivity (Wildman–Crippen MR) is 109 cm³/mol. The lowest BCUT2D eigenvalue weighted by atomic mass is 10.1. The van der Waals surface area contributed by atoms with E-state index in [1.54, 1.807) is 12.1 Å². The molecule has 140 valence electrons. The minimum Gasteiger partial charge on any atom is -0.299 e. The predicted octanol–water partition coefficient (Wildman–Crippen LogP) is 3.78. The molecule has 1 heterocycles. The molecule has 3 aromatic rings. The van der Waals surface area contributed by atoms with Crippen LogP contribution in [0.25, 0.3) is 10.8 Å². The molecule has 1 saturated heterocycles. The normalized spacial score (nSPS) is 16.6. The fourth-order valence-corrected chi connectivity index (χ4v) is 5.30. The first-order valence-electron chi connectivity index (χ1n) is 9.38. The number of fused-ring (bicyclic) bond motifs is 1.